The summed E-state index contributed by atoms with van der Waals surface area (Å²) in [6, 6.07) is 7.21. The third-order valence-electron chi connectivity index (χ3n) is 1.55. The van der Waals surface area contributed by atoms with E-state index in [2.05, 4.69) is 47.8 Å². The van der Waals surface area contributed by atoms with Gasteiger partial charge in [0.2, 0.25) is 0 Å². The molecule has 14 heavy (non-hydrogen) atoms. The van der Waals surface area contributed by atoms with E-state index in [-0.39, 0.29) is 5.75 Å². The Morgan fingerprint density at radius 1 is 1.14 bits per heavy atom. The first kappa shape index (κ1) is 12.7. The lowest BCUT2D eigenvalue weighted by Crippen LogP contribution is -2.10. The van der Waals surface area contributed by atoms with Gasteiger partial charge in [-0.1, -0.05) is 59.9 Å². The zero-order valence-corrected chi connectivity index (χ0v) is 12.5. The Labute approximate surface area is 108 Å². The fourth-order valence-corrected chi connectivity index (χ4v) is 2.72. The molecule has 0 saturated carbocycles. The summed E-state index contributed by atoms with van der Waals surface area (Å²) in [5, 5.41) is 0. The molecule has 0 heterocycles. The first-order valence-corrected chi connectivity index (χ1v) is 8.00. The van der Waals surface area contributed by atoms with Gasteiger partial charge in [-0.2, -0.15) is 0 Å². The van der Waals surface area contributed by atoms with Gasteiger partial charge in [0.15, 0.2) is 12.9 Å². The van der Waals surface area contributed by atoms with Crippen LogP contribution in [0, 0.1) is 0 Å². The molecule has 1 aromatic rings. The second-order valence-corrected chi connectivity index (χ2v) is 9.97. The van der Waals surface area contributed by atoms with Gasteiger partial charge in [-0.25, -0.2) is 8.42 Å². The number of benzene rings is 1. The van der Waals surface area contributed by atoms with Crippen LogP contribution in [0.5, 0.6) is 0 Å². The zero-order valence-electron chi connectivity index (χ0n) is 6.95. The van der Waals surface area contributed by atoms with Gasteiger partial charge in [0.05, 0.1) is 5.75 Å². The molecule has 0 aliphatic heterocycles. The standard InChI is InChI=1S/C8H7Br3O2S/c9-7-3-1-6(2-4-7)5-14(12,13)8(10)11/h1-4,8H,5H2. The van der Waals surface area contributed by atoms with Crippen molar-refractivity contribution in [3.05, 3.63) is 34.3 Å². The summed E-state index contributed by atoms with van der Waals surface area (Å²) in [5.74, 6) is 0.0292. The summed E-state index contributed by atoms with van der Waals surface area (Å²) >= 11 is 9.26. The Balaban J connectivity index is 2.85. The van der Waals surface area contributed by atoms with Gasteiger partial charge in [0.1, 0.15) is 0 Å². The van der Waals surface area contributed by atoms with Gasteiger partial charge >= 0.3 is 0 Å². The minimum absolute atomic E-state index is 0.0292. The van der Waals surface area contributed by atoms with Crippen LogP contribution < -0.4 is 0 Å². The Morgan fingerprint density at radius 2 is 1.64 bits per heavy atom. The van der Waals surface area contributed by atoms with E-state index in [4.69, 9.17) is 0 Å². The molecule has 0 fully saturated rings. The van der Waals surface area contributed by atoms with E-state index >= 15 is 0 Å². The molecule has 1 aromatic carbocycles. The molecule has 0 aliphatic rings. The number of sulfone groups is 1. The molecule has 1 rings (SSSR count). The molecule has 0 saturated heterocycles. The number of hydrogen-bond donors (Lipinski definition) is 0. The first-order valence-electron chi connectivity index (χ1n) is 3.66. The average molecular weight is 407 g/mol. The smallest absolute Gasteiger partial charge is 0.177 e. The van der Waals surface area contributed by atoms with Crippen LogP contribution in [0.25, 0.3) is 0 Å². The van der Waals surface area contributed by atoms with Crippen molar-refractivity contribution in [1.29, 1.82) is 0 Å². The molecule has 0 radical (unpaired) electrons. The maximum atomic E-state index is 11.5. The van der Waals surface area contributed by atoms with Crippen molar-refractivity contribution in [2.24, 2.45) is 0 Å². The highest BCUT2D eigenvalue weighted by atomic mass is 79.9. The normalized spacial score (nSPS) is 12.0. The highest BCUT2D eigenvalue weighted by molar-refractivity contribution is 9.27. The molecule has 0 atom stereocenters. The van der Waals surface area contributed by atoms with E-state index in [1.54, 1.807) is 12.1 Å². The molecule has 0 unspecified atom stereocenters. The molecule has 0 N–H and O–H groups in total. The highest BCUT2D eigenvalue weighted by Gasteiger charge is 2.19. The lowest BCUT2D eigenvalue weighted by Gasteiger charge is -2.04. The Morgan fingerprint density at radius 3 is 2.07 bits per heavy atom. The van der Waals surface area contributed by atoms with Gasteiger partial charge in [-0.15, -0.1) is 0 Å². The van der Waals surface area contributed by atoms with E-state index in [1.165, 1.54) is 0 Å². The van der Waals surface area contributed by atoms with Crippen molar-refractivity contribution in [3.63, 3.8) is 0 Å². The molecule has 0 amide bonds. The number of alkyl halides is 2. The van der Waals surface area contributed by atoms with Crippen LogP contribution in [-0.4, -0.2) is 11.5 Å². The van der Waals surface area contributed by atoms with Crippen molar-refractivity contribution >= 4 is 57.6 Å². The molecule has 0 aromatic heterocycles. The van der Waals surface area contributed by atoms with Crippen molar-refractivity contribution in [2.75, 3.05) is 0 Å². The summed E-state index contributed by atoms with van der Waals surface area (Å²) in [5.41, 5.74) is 0.775. The van der Waals surface area contributed by atoms with Gasteiger partial charge in [-0.05, 0) is 17.7 Å². The van der Waals surface area contributed by atoms with Crippen molar-refractivity contribution in [2.45, 2.75) is 8.82 Å². The summed E-state index contributed by atoms with van der Waals surface area (Å²) in [7, 11) is -3.15. The molecular weight excluding hydrogens is 400 g/mol. The maximum absolute atomic E-state index is 11.5. The quantitative estimate of drug-likeness (QED) is 0.720. The van der Waals surface area contributed by atoms with Crippen molar-refractivity contribution < 1.29 is 8.42 Å². The topological polar surface area (TPSA) is 34.1 Å². The third-order valence-corrected chi connectivity index (χ3v) is 6.78. The van der Waals surface area contributed by atoms with Crippen LogP contribution in [-0.2, 0) is 15.6 Å². The monoisotopic (exact) mass is 404 g/mol. The molecule has 0 bridgehead atoms. The molecule has 78 valence electrons. The molecule has 0 aliphatic carbocycles. The van der Waals surface area contributed by atoms with E-state index < -0.39 is 12.9 Å². The zero-order chi connectivity index (χ0) is 10.8. The molecule has 2 nitrogen and oxygen atoms in total. The van der Waals surface area contributed by atoms with E-state index in [0.717, 1.165) is 10.0 Å². The van der Waals surface area contributed by atoms with Crippen LogP contribution in [0.15, 0.2) is 28.7 Å². The Hall–Kier alpha value is 0.610. The lowest BCUT2D eigenvalue weighted by molar-refractivity contribution is 0.599. The third kappa shape index (κ3) is 3.64. The number of rotatable bonds is 3. The predicted octanol–water partition coefficient (Wildman–Crippen LogP) is 3.44. The Kier molecular flexibility index (Phi) is 4.61. The van der Waals surface area contributed by atoms with Gasteiger partial charge in [0, 0.05) is 4.47 Å². The summed E-state index contributed by atoms with van der Waals surface area (Å²) in [6.45, 7) is 0. The van der Waals surface area contributed by atoms with Crippen LogP contribution in [0.2, 0.25) is 0 Å². The van der Waals surface area contributed by atoms with Crippen molar-refractivity contribution in [1.82, 2.24) is 0 Å². The fraction of sp³-hybridized carbons (Fsp3) is 0.250. The lowest BCUT2D eigenvalue weighted by atomic mass is 10.2. The van der Waals surface area contributed by atoms with Crippen LogP contribution in [0.4, 0.5) is 0 Å². The van der Waals surface area contributed by atoms with Crippen molar-refractivity contribution in [3.8, 4) is 0 Å². The predicted molar refractivity (Wildman–Crippen MR) is 68.4 cm³/mol. The average Bonchev–Trinajstić information content (AvgIpc) is 2.08. The van der Waals surface area contributed by atoms with Crippen LogP contribution in [0.1, 0.15) is 5.56 Å². The largest absolute Gasteiger partial charge is 0.226 e. The van der Waals surface area contributed by atoms with E-state index in [1.807, 2.05) is 12.1 Å². The number of halogens is 3. The summed E-state index contributed by atoms with van der Waals surface area (Å²) < 4.78 is 23.2. The second kappa shape index (κ2) is 5.09. The van der Waals surface area contributed by atoms with Crippen LogP contribution >= 0.6 is 47.8 Å². The number of hydrogen-bond acceptors (Lipinski definition) is 2. The second-order valence-electron chi connectivity index (χ2n) is 2.69. The van der Waals surface area contributed by atoms with Crippen LogP contribution in [0.3, 0.4) is 0 Å². The minimum atomic E-state index is -3.15. The molecule has 0 spiro atoms. The summed E-state index contributed by atoms with van der Waals surface area (Å²) in [4.78, 5) is 0. The molecular formula is C8H7Br3O2S. The fourth-order valence-electron chi connectivity index (χ4n) is 0.876. The van der Waals surface area contributed by atoms with Gasteiger partial charge in [-0.3, -0.25) is 0 Å². The van der Waals surface area contributed by atoms with E-state index in [9.17, 15) is 8.42 Å². The van der Waals surface area contributed by atoms with Gasteiger partial charge in [0.25, 0.3) is 0 Å². The Bertz CT molecular complexity index is 397. The maximum Gasteiger partial charge on any atom is 0.177 e. The van der Waals surface area contributed by atoms with E-state index in [0.29, 0.717) is 0 Å². The first-order chi connectivity index (χ1) is 6.42. The SMILES string of the molecule is O=S(=O)(Cc1ccc(Br)cc1)C(Br)Br. The minimum Gasteiger partial charge on any atom is -0.226 e. The van der Waals surface area contributed by atoms with Gasteiger partial charge < -0.3 is 0 Å². The molecule has 6 heteroatoms. The highest BCUT2D eigenvalue weighted by Crippen LogP contribution is 2.21. The summed E-state index contributed by atoms with van der Waals surface area (Å²) in [6.07, 6.45) is 0.